The van der Waals surface area contributed by atoms with Gasteiger partial charge in [-0.3, -0.25) is 9.59 Å². The number of rotatable bonds is 6. The van der Waals surface area contributed by atoms with E-state index >= 15 is 0 Å². The minimum atomic E-state index is -1.03. The molecule has 0 spiro atoms. The molecule has 1 aliphatic rings. The Morgan fingerprint density at radius 3 is 2.47 bits per heavy atom. The highest BCUT2D eigenvalue weighted by atomic mass is 16.4. The number of urea groups is 1. The summed E-state index contributed by atoms with van der Waals surface area (Å²) >= 11 is 0. The van der Waals surface area contributed by atoms with Crippen LogP contribution in [0, 0.1) is 0 Å². The Labute approximate surface area is 99.2 Å². The van der Waals surface area contributed by atoms with E-state index in [-0.39, 0.29) is 31.5 Å². The van der Waals surface area contributed by atoms with Gasteiger partial charge in [-0.25, -0.2) is 4.79 Å². The van der Waals surface area contributed by atoms with Crippen molar-refractivity contribution < 1.29 is 19.5 Å². The fraction of sp³-hybridized carbons (Fsp3) is 0.700. The summed E-state index contributed by atoms with van der Waals surface area (Å²) in [6.07, 6.45) is 1.88. The zero-order chi connectivity index (χ0) is 12.8. The normalized spacial score (nSPS) is 13.9. The van der Waals surface area contributed by atoms with Crippen molar-refractivity contribution in [1.29, 1.82) is 0 Å². The van der Waals surface area contributed by atoms with Gasteiger partial charge in [0.25, 0.3) is 0 Å². The van der Waals surface area contributed by atoms with Crippen molar-refractivity contribution in [2.45, 2.75) is 25.3 Å². The third kappa shape index (κ3) is 4.71. The van der Waals surface area contributed by atoms with Crippen LogP contribution < -0.4 is 10.6 Å². The molecule has 17 heavy (non-hydrogen) atoms. The van der Waals surface area contributed by atoms with E-state index in [0.29, 0.717) is 0 Å². The van der Waals surface area contributed by atoms with E-state index in [0.717, 1.165) is 12.8 Å². The monoisotopic (exact) mass is 243 g/mol. The second-order valence-electron chi connectivity index (χ2n) is 3.91. The molecule has 0 radical (unpaired) electrons. The van der Waals surface area contributed by atoms with E-state index in [1.165, 1.54) is 11.9 Å². The van der Waals surface area contributed by atoms with Crippen LogP contribution in [0.2, 0.25) is 0 Å². The van der Waals surface area contributed by atoms with Crippen molar-refractivity contribution in [1.82, 2.24) is 15.5 Å². The first-order valence-corrected chi connectivity index (χ1v) is 5.51. The second kappa shape index (κ2) is 6.07. The van der Waals surface area contributed by atoms with E-state index in [1.54, 1.807) is 0 Å². The Morgan fingerprint density at radius 2 is 2.00 bits per heavy atom. The third-order valence-corrected chi connectivity index (χ3v) is 2.46. The Morgan fingerprint density at radius 1 is 1.35 bits per heavy atom. The summed E-state index contributed by atoms with van der Waals surface area (Å²) < 4.78 is 0. The summed E-state index contributed by atoms with van der Waals surface area (Å²) in [5, 5.41) is 13.7. The molecule has 7 heteroatoms. The lowest BCUT2D eigenvalue weighted by molar-refractivity contribution is -0.137. The van der Waals surface area contributed by atoms with Crippen LogP contribution in [0.1, 0.15) is 19.3 Å². The van der Waals surface area contributed by atoms with Gasteiger partial charge in [0.15, 0.2) is 0 Å². The smallest absolute Gasteiger partial charge is 0.323 e. The highest BCUT2D eigenvalue weighted by molar-refractivity contribution is 5.81. The Kier molecular flexibility index (Phi) is 4.74. The molecule has 0 unspecified atom stereocenters. The quantitative estimate of drug-likeness (QED) is 0.579. The number of nitrogens with zero attached hydrogens (tertiary/aromatic N) is 1. The summed E-state index contributed by atoms with van der Waals surface area (Å²) in [4.78, 5) is 34.5. The molecule has 0 atom stereocenters. The molecule has 0 aromatic carbocycles. The molecule has 3 N–H and O–H groups in total. The molecule has 0 heterocycles. The first-order chi connectivity index (χ1) is 8.04. The fourth-order valence-electron chi connectivity index (χ4n) is 1.41. The van der Waals surface area contributed by atoms with E-state index in [1.807, 2.05) is 0 Å². The SMILES string of the molecule is CNC(=O)CCNC(=O)N(CC(=O)O)C1CC1. The maximum absolute atomic E-state index is 11.6. The number of hydrogen-bond donors (Lipinski definition) is 3. The average molecular weight is 243 g/mol. The number of carboxylic acids is 1. The van der Waals surface area contributed by atoms with Crippen LogP contribution >= 0.6 is 0 Å². The van der Waals surface area contributed by atoms with Crippen molar-refractivity contribution in [3.05, 3.63) is 0 Å². The Bertz CT molecular complexity index is 315. The zero-order valence-corrected chi connectivity index (χ0v) is 9.73. The molecule has 0 bridgehead atoms. The first kappa shape index (κ1) is 13.3. The number of nitrogens with one attached hydrogen (secondary N) is 2. The van der Waals surface area contributed by atoms with Crippen LogP contribution in [0.3, 0.4) is 0 Å². The van der Waals surface area contributed by atoms with Crippen molar-refractivity contribution in [2.24, 2.45) is 0 Å². The molecule has 0 aliphatic heterocycles. The zero-order valence-electron chi connectivity index (χ0n) is 9.73. The number of carbonyl (C=O) groups excluding carboxylic acids is 2. The molecule has 7 nitrogen and oxygen atoms in total. The van der Waals surface area contributed by atoms with Crippen LogP contribution in [-0.2, 0) is 9.59 Å². The molecule has 1 rings (SSSR count). The number of hydrogen-bond acceptors (Lipinski definition) is 3. The molecular weight excluding hydrogens is 226 g/mol. The van der Waals surface area contributed by atoms with Gasteiger partial charge in [-0.15, -0.1) is 0 Å². The standard InChI is InChI=1S/C10H17N3O4/c1-11-8(14)4-5-12-10(17)13(6-9(15)16)7-2-3-7/h7H,2-6H2,1H3,(H,11,14)(H,12,17)(H,15,16). The molecule has 96 valence electrons. The van der Waals surface area contributed by atoms with Gasteiger partial charge in [-0.2, -0.15) is 0 Å². The molecule has 0 aromatic heterocycles. The predicted octanol–water partition coefficient (Wildman–Crippen LogP) is -0.619. The predicted molar refractivity (Wildman–Crippen MR) is 59.4 cm³/mol. The molecule has 0 saturated heterocycles. The lowest BCUT2D eigenvalue weighted by Gasteiger charge is -2.20. The van der Waals surface area contributed by atoms with E-state index in [4.69, 9.17) is 5.11 Å². The minimum Gasteiger partial charge on any atom is -0.480 e. The summed E-state index contributed by atoms with van der Waals surface area (Å²) in [6.45, 7) is -0.0855. The second-order valence-corrected chi connectivity index (χ2v) is 3.91. The molecular formula is C10H17N3O4. The van der Waals surface area contributed by atoms with Gasteiger partial charge in [-0.1, -0.05) is 0 Å². The van der Waals surface area contributed by atoms with Crippen LogP contribution in [0.15, 0.2) is 0 Å². The maximum Gasteiger partial charge on any atom is 0.323 e. The van der Waals surface area contributed by atoms with Crippen LogP contribution in [0.5, 0.6) is 0 Å². The largest absolute Gasteiger partial charge is 0.480 e. The number of carboxylic acid groups (broad SMARTS) is 1. The number of carbonyl (C=O) groups is 3. The number of amides is 3. The summed E-state index contributed by atoms with van der Waals surface area (Å²) in [5.41, 5.74) is 0. The highest BCUT2D eigenvalue weighted by Crippen LogP contribution is 2.26. The van der Waals surface area contributed by atoms with Crippen molar-refractivity contribution in [2.75, 3.05) is 20.1 Å². The van der Waals surface area contributed by atoms with E-state index < -0.39 is 12.0 Å². The van der Waals surface area contributed by atoms with Gasteiger partial charge >= 0.3 is 12.0 Å². The third-order valence-electron chi connectivity index (χ3n) is 2.46. The summed E-state index contributed by atoms with van der Waals surface area (Å²) in [6, 6.07) is -0.384. The topological polar surface area (TPSA) is 98.7 Å². The van der Waals surface area contributed by atoms with Gasteiger partial charge in [0.05, 0.1) is 0 Å². The molecule has 1 aliphatic carbocycles. The minimum absolute atomic E-state index is 0.0334. The summed E-state index contributed by atoms with van der Waals surface area (Å²) in [5.74, 6) is -1.19. The number of aliphatic carboxylic acids is 1. The van der Waals surface area contributed by atoms with E-state index in [2.05, 4.69) is 10.6 Å². The Hall–Kier alpha value is -1.79. The molecule has 3 amide bonds. The lowest BCUT2D eigenvalue weighted by Crippen LogP contribution is -2.44. The molecule has 1 saturated carbocycles. The summed E-state index contributed by atoms with van der Waals surface area (Å²) in [7, 11) is 1.52. The average Bonchev–Trinajstić information content (AvgIpc) is 3.09. The first-order valence-electron chi connectivity index (χ1n) is 5.51. The van der Waals surface area contributed by atoms with Gasteiger partial charge in [0.1, 0.15) is 6.54 Å². The van der Waals surface area contributed by atoms with Crippen LogP contribution in [0.4, 0.5) is 4.79 Å². The van der Waals surface area contributed by atoms with Crippen molar-refractivity contribution in [3.8, 4) is 0 Å². The van der Waals surface area contributed by atoms with Gasteiger partial charge < -0.3 is 20.6 Å². The molecule has 0 aromatic rings. The van der Waals surface area contributed by atoms with Gasteiger partial charge in [0.2, 0.25) is 5.91 Å². The molecule has 1 fully saturated rings. The van der Waals surface area contributed by atoms with Crippen molar-refractivity contribution in [3.63, 3.8) is 0 Å². The van der Waals surface area contributed by atoms with Crippen molar-refractivity contribution >= 4 is 17.9 Å². The van der Waals surface area contributed by atoms with Crippen LogP contribution in [-0.4, -0.2) is 54.1 Å². The van der Waals surface area contributed by atoms with Gasteiger partial charge in [0, 0.05) is 26.1 Å². The van der Waals surface area contributed by atoms with E-state index in [9.17, 15) is 14.4 Å². The Balaban J connectivity index is 2.32. The maximum atomic E-state index is 11.6. The lowest BCUT2D eigenvalue weighted by atomic mass is 10.4. The van der Waals surface area contributed by atoms with Crippen LogP contribution in [0.25, 0.3) is 0 Å². The fourth-order valence-corrected chi connectivity index (χ4v) is 1.41. The van der Waals surface area contributed by atoms with Gasteiger partial charge in [-0.05, 0) is 12.8 Å². The highest BCUT2D eigenvalue weighted by Gasteiger charge is 2.33.